The van der Waals surface area contributed by atoms with E-state index in [0.717, 1.165) is 24.2 Å². The zero-order chi connectivity index (χ0) is 11.3. The van der Waals surface area contributed by atoms with E-state index in [4.69, 9.17) is 28.9 Å². The molecule has 1 aromatic rings. The molecule has 4 heteroatoms. The number of rotatable bonds is 5. The van der Waals surface area contributed by atoms with Crippen molar-refractivity contribution in [2.75, 3.05) is 12.0 Å². The van der Waals surface area contributed by atoms with Crippen LogP contribution in [0, 0.1) is 0 Å². The topological polar surface area (TPSA) is 26.0 Å². The van der Waals surface area contributed by atoms with Crippen molar-refractivity contribution in [2.45, 2.75) is 18.9 Å². The fraction of sp³-hybridized carbons (Fsp3) is 0.455. The van der Waals surface area contributed by atoms with Crippen LogP contribution in [-0.4, -0.2) is 18.1 Å². The summed E-state index contributed by atoms with van der Waals surface area (Å²) in [5, 5.41) is 1.42. The van der Waals surface area contributed by atoms with Crippen molar-refractivity contribution in [3.63, 3.8) is 0 Å². The summed E-state index contributed by atoms with van der Waals surface area (Å²) in [6, 6.07) is 5.69. The minimum atomic E-state index is 0.134. The predicted molar refractivity (Wildman–Crippen MR) is 71.1 cm³/mol. The van der Waals surface area contributed by atoms with Gasteiger partial charge in [-0.05, 0) is 42.5 Å². The summed E-state index contributed by atoms with van der Waals surface area (Å²) >= 11 is 13.9. The Hall–Kier alpha value is 0.110. The molecule has 0 aliphatic rings. The van der Waals surface area contributed by atoms with Gasteiger partial charge in [0.1, 0.15) is 0 Å². The van der Waals surface area contributed by atoms with E-state index in [1.54, 1.807) is 11.8 Å². The molecule has 84 valence electrons. The van der Waals surface area contributed by atoms with Crippen molar-refractivity contribution < 1.29 is 0 Å². The van der Waals surface area contributed by atoms with E-state index in [-0.39, 0.29) is 6.04 Å². The van der Waals surface area contributed by atoms with Crippen molar-refractivity contribution in [3.05, 3.63) is 33.8 Å². The minimum absolute atomic E-state index is 0.134. The van der Waals surface area contributed by atoms with Gasteiger partial charge in [-0.2, -0.15) is 11.8 Å². The smallest absolute Gasteiger partial charge is 0.0453 e. The molecule has 0 aliphatic heterocycles. The Kier molecular flexibility index (Phi) is 5.83. The lowest BCUT2D eigenvalue weighted by Crippen LogP contribution is -2.23. The van der Waals surface area contributed by atoms with Crippen molar-refractivity contribution >= 4 is 35.0 Å². The number of thioether (sulfide) groups is 1. The summed E-state index contributed by atoms with van der Waals surface area (Å²) in [5.74, 6) is 1.07. The molecule has 0 saturated heterocycles. The molecule has 0 spiro atoms. The van der Waals surface area contributed by atoms with E-state index >= 15 is 0 Å². The third-order valence-electron chi connectivity index (χ3n) is 2.22. The van der Waals surface area contributed by atoms with E-state index in [0.29, 0.717) is 10.0 Å². The highest BCUT2D eigenvalue weighted by Crippen LogP contribution is 2.25. The van der Waals surface area contributed by atoms with E-state index in [1.165, 1.54) is 0 Å². The normalized spacial score (nSPS) is 12.8. The fourth-order valence-corrected chi connectivity index (χ4v) is 2.45. The Morgan fingerprint density at radius 3 is 2.47 bits per heavy atom. The van der Waals surface area contributed by atoms with Crippen LogP contribution < -0.4 is 5.73 Å². The van der Waals surface area contributed by atoms with Gasteiger partial charge in [0.25, 0.3) is 0 Å². The Morgan fingerprint density at radius 2 is 1.93 bits per heavy atom. The summed E-state index contributed by atoms with van der Waals surface area (Å²) in [7, 11) is 0. The molecule has 1 rings (SSSR count). The predicted octanol–water partition coefficient (Wildman–Crippen LogP) is 3.62. The second-order valence-corrected chi connectivity index (χ2v) is 5.25. The average molecular weight is 264 g/mol. The van der Waals surface area contributed by atoms with Crippen molar-refractivity contribution in [3.8, 4) is 0 Å². The third-order valence-corrected chi connectivity index (χ3v) is 3.57. The Balaban J connectivity index is 2.63. The molecule has 0 heterocycles. The maximum atomic E-state index is 6.06. The minimum Gasteiger partial charge on any atom is -0.327 e. The highest BCUT2D eigenvalue weighted by atomic mass is 35.5. The van der Waals surface area contributed by atoms with Crippen LogP contribution >= 0.6 is 35.0 Å². The van der Waals surface area contributed by atoms with Gasteiger partial charge in [0.15, 0.2) is 0 Å². The van der Waals surface area contributed by atoms with Gasteiger partial charge in [0, 0.05) is 16.1 Å². The van der Waals surface area contributed by atoms with Gasteiger partial charge in [-0.15, -0.1) is 0 Å². The third kappa shape index (κ3) is 4.23. The zero-order valence-corrected chi connectivity index (χ0v) is 11.0. The van der Waals surface area contributed by atoms with Gasteiger partial charge < -0.3 is 5.73 Å². The number of hydrogen-bond acceptors (Lipinski definition) is 2. The standard InChI is InChI=1S/C11H15Cl2NS/c1-15-6-5-8(14)7-9-10(12)3-2-4-11(9)13/h2-4,8H,5-7,14H2,1H3. The first kappa shape index (κ1) is 13.2. The highest BCUT2D eigenvalue weighted by Gasteiger charge is 2.10. The van der Waals surface area contributed by atoms with Crippen LogP contribution in [0.1, 0.15) is 12.0 Å². The molecular formula is C11H15Cl2NS. The maximum absolute atomic E-state index is 6.06. The Morgan fingerprint density at radius 1 is 1.33 bits per heavy atom. The second kappa shape index (κ2) is 6.64. The lowest BCUT2D eigenvalue weighted by atomic mass is 10.0. The van der Waals surface area contributed by atoms with Crippen LogP contribution in [0.15, 0.2) is 18.2 Å². The second-order valence-electron chi connectivity index (χ2n) is 3.45. The van der Waals surface area contributed by atoms with Crippen LogP contribution in [0.4, 0.5) is 0 Å². The summed E-state index contributed by atoms with van der Waals surface area (Å²) in [6.07, 6.45) is 3.82. The molecule has 1 unspecified atom stereocenters. The molecule has 0 saturated carbocycles. The van der Waals surface area contributed by atoms with E-state index in [9.17, 15) is 0 Å². The molecule has 0 fully saturated rings. The molecule has 1 nitrogen and oxygen atoms in total. The van der Waals surface area contributed by atoms with Crippen molar-refractivity contribution in [1.82, 2.24) is 0 Å². The molecule has 0 aliphatic carbocycles. The summed E-state index contributed by atoms with van der Waals surface area (Å²) in [4.78, 5) is 0. The molecule has 0 aromatic heterocycles. The molecule has 1 aromatic carbocycles. The van der Waals surface area contributed by atoms with Gasteiger partial charge >= 0.3 is 0 Å². The van der Waals surface area contributed by atoms with Gasteiger partial charge in [0.2, 0.25) is 0 Å². The first-order valence-electron chi connectivity index (χ1n) is 4.82. The first-order chi connectivity index (χ1) is 7.15. The maximum Gasteiger partial charge on any atom is 0.0453 e. The van der Waals surface area contributed by atoms with E-state index in [1.807, 2.05) is 18.2 Å². The zero-order valence-electron chi connectivity index (χ0n) is 8.67. The van der Waals surface area contributed by atoms with Gasteiger partial charge in [-0.3, -0.25) is 0 Å². The molecule has 1 atom stereocenters. The molecule has 2 N–H and O–H groups in total. The largest absolute Gasteiger partial charge is 0.327 e. The number of halogens is 2. The van der Waals surface area contributed by atoms with Crippen LogP contribution in [0.2, 0.25) is 10.0 Å². The lowest BCUT2D eigenvalue weighted by Gasteiger charge is -2.13. The van der Waals surface area contributed by atoms with Crippen LogP contribution in [-0.2, 0) is 6.42 Å². The molecule has 0 radical (unpaired) electrons. The SMILES string of the molecule is CSCCC(N)Cc1c(Cl)cccc1Cl. The number of nitrogens with two attached hydrogens (primary N) is 1. The van der Waals surface area contributed by atoms with E-state index < -0.39 is 0 Å². The van der Waals surface area contributed by atoms with Crippen molar-refractivity contribution in [2.24, 2.45) is 5.73 Å². The fourth-order valence-electron chi connectivity index (χ4n) is 1.36. The average Bonchev–Trinajstić information content (AvgIpc) is 2.21. The number of benzene rings is 1. The number of hydrogen-bond donors (Lipinski definition) is 1. The van der Waals surface area contributed by atoms with Crippen LogP contribution in [0.5, 0.6) is 0 Å². The first-order valence-corrected chi connectivity index (χ1v) is 6.97. The summed E-state index contributed by atoms with van der Waals surface area (Å²) < 4.78 is 0. The van der Waals surface area contributed by atoms with Gasteiger partial charge in [0.05, 0.1) is 0 Å². The quantitative estimate of drug-likeness (QED) is 0.879. The lowest BCUT2D eigenvalue weighted by molar-refractivity contribution is 0.652. The molecule has 15 heavy (non-hydrogen) atoms. The molecule has 0 amide bonds. The monoisotopic (exact) mass is 263 g/mol. The van der Waals surface area contributed by atoms with Crippen molar-refractivity contribution in [1.29, 1.82) is 0 Å². The van der Waals surface area contributed by atoms with E-state index in [2.05, 4.69) is 6.26 Å². The van der Waals surface area contributed by atoms with Gasteiger partial charge in [-0.1, -0.05) is 29.3 Å². The highest BCUT2D eigenvalue weighted by molar-refractivity contribution is 7.98. The van der Waals surface area contributed by atoms with Crippen LogP contribution in [0.25, 0.3) is 0 Å². The van der Waals surface area contributed by atoms with Crippen LogP contribution in [0.3, 0.4) is 0 Å². The molecule has 0 bridgehead atoms. The van der Waals surface area contributed by atoms with Gasteiger partial charge in [-0.25, -0.2) is 0 Å². The molecular weight excluding hydrogens is 249 g/mol. The summed E-state index contributed by atoms with van der Waals surface area (Å²) in [6.45, 7) is 0. The summed E-state index contributed by atoms with van der Waals surface area (Å²) in [5.41, 5.74) is 6.97. The Labute approximate surface area is 105 Å². The Bertz CT molecular complexity index is 297.